The van der Waals surface area contributed by atoms with Crippen LogP contribution in [0.25, 0.3) is 22.4 Å². The largest absolute Gasteiger partial charge is 0.573 e. The van der Waals surface area contributed by atoms with E-state index in [0.717, 1.165) is 23.9 Å². The molecule has 0 aliphatic carbocycles. The fourth-order valence-corrected chi connectivity index (χ4v) is 3.96. The molecule has 0 bridgehead atoms. The molecule has 1 N–H and O–H groups in total. The summed E-state index contributed by atoms with van der Waals surface area (Å²) >= 11 is 0. The zero-order valence-electron chi connectivity index (χ0n) is 19.5. The molecule has 188 valence electrons. The van der Waals surface area contributed by atoms with Gasteiger partial charge in [-0.15, -0.1) is 13.2 Å². The van der Waals surface area contributed by atoms with Crippen LogP contribution in [0.2, 0.25) is 0 Å². The molecule has 6 nitrogen and oxygen atoms in total. The summed E-state index contributed by atoms with van der Waals surface area (Å²) in [7, 11) is 0. The Morgan fingerprint density at radius 1 is 1.03 bits per heavy atom. The van der Waals surface area contributed by atoms with E-state index in [1.165, 1.54) is 24.3 Å². The molecule has 0 aliphatic heterocycles. The van der Waals surface area contributed by atoms with Gasteiger partial charge < -0.3 is 19.1 Å². The lowest BCUT2D eigenvalue weighted by atomic mass is 10.1. The van der Waals surface area contributed by atoms with E-state index >= 15 is 0 Å². The van der Waals surface area contributed by atoms with E-state index in [9.17, 15) is 23.1 Å². The van der Waals surface area contributed by atoms with Crippen LogP contribution >= 0.6 is 0 Å². The maximum absolute atomic E-state index is 12.6. The van der Waals surface area contributed by atoms with E-state index in [4.69, 9.17) is 9.72 Å². The number of alkyl halides is 3. The molecule has 3 aromatic carbocycles. The van der Waals surface area contributed by atoms with Gasteiger partial charge in [0, 0.05) is 11.1 Å². The highest BCUT2D eigenvalue weighted by Crippen LogP contribution is 2.31. The van der Waals surface area contributed by atoms with Crippen molar-refractivity contribution in [2.75, 3.05) is 0 Å². The van der Waals surface area contributed by atoms with E-state index in [-0.39, 0.29) is 5.75 Å². The number of ether oxygens (including phenoxy) is 2. The number of carboxylic acid groups (broad SMARTS) is 1. The van der Waals surface area contributed by atoms with Gasteiger partial charge in [-0.25, -0.2) is 9.78 Å². The van der Waals surface area contributed by atoms with Crippen molar-refractivity contribution in [2.45, 2.75) is 45.2 Å². The van der Waals surface area contributed by atoms with Crippen LogP contribution in [-0.4, -0.2) is 33.1 Å². The molecule has 4 aromatic rings. The number of fused-ring (bicyclic) bond motifs is 1. The SMILES string of the molecule is CCCCC(Oc1ccccc1Cn1c(-c2ccc(OC(F)(F)F)cc2)nc2ccccc21)C(=O)O. The van der Waals surface area contributed by atoms with Crippen LogP contribution in [0.3, 0.4) is 0 Å². The minimum atomic E-state index is -4.77. The summed E-state index contributed by atoms with van der Waals surface area (Å²) in [6, 6.07) is 20.2. The van der Waals surface area contributed by atoms with E-state index in [0.29, 0.717) is 35.6 Å². The van der Waals surface area contributed by atoms with Gasteiger partial charge in [-0.05, 0) is 55.3 Å². The second-order valence-electron chi connectivity index (χ2n) is 8.28. The predicted molar refractivity (Wildman–Crippen MR) is 129 cm³/mol. The van der Waals surface area contributed by atoms with Crippen molar-refractivity contribution in [1.82, 2.24) is 9.55 Å². The van der Waals surface area contributed by atoms with Crippen LogP contribution in [0.4, 0.5) is 13.2 Å². The molecule has 4 rings (SSSR count). The molecule has 0 radical (unpaired) electrons. The van der Waals surface area contributed by atoms with Gasteiger partial charge in [-0.1, -0.05) is 43.7 Å². The Morgan fingerprint density at radius 2 is 1.72 bits per heavy atom. The predicted octanol–water partition coefficient (Wildman–Crippen LogP) is 6.67. The Morgan fingerprint density at radius 3 is 2.42 bits per heavy atom. The third kappa shape index (κ3) is 5.97. The molecular formula is C27H25F3N2O4. The molecule has 1 atom stereocenters. The Kier molecular flexibility index (Phi) is 7.47. The number of carbonyl (C=O) groups is 1. The van der Waals surface area contributed by atoms with Crippen molar-refractivity contribution in [2.24, 2.45) is 0 Å². The maximum Gasteiger partial charge on any atom is 0.573 e. The van der Waals surface area contributed by atoms with Gasteiger partial charge in [0.1, 0.15) is 17.3 Å². The van der Waals surface area contributed by atoms with Crippen molar-refractivity contribution in [3.05, 3.63) is 78.4 Å². The second kappa shape index (κ2) is 10.7. The Bertz CT molecular complexity index is 1330. The number of carboxylic acids is 1. The van der Waals surface area contributed by atoms with Crippen molar-refractivity contribution < 1.29 is 32.5 Å². The van der Waals surface area contributed by atoms with Crippen molar-refractivity contribution in [3.63, 3.8) is 0 Å². The van der Waals surface area contributed by atoms with E-state index in [1.807, 2.05) is 47.9 Å². The molecule has 9 heteroatoms. The molecule has 0 amide bonds. The summed E-state index contributed by atoms with van der Waals surface area (Å²) < 4.78 is 49.5. The summed E-state index contributed by atoms with van der Waals surface area (Å²) in [5, 5.41) is 9.62. The van der Waals surface area contributed by atoms with Crippen LogP contribution in [0.1, 0.15) is 31.7 Å². The topological polar surface area (TPSA) is 73.6 Å². The maximum atomic E-state index is 12.6. The lowest BCUT2D eigenvalue weighted by Gasteiger charge is -2.18. The third-order valence-electron chi connectivity index (χ3n) is 5.67. The van der Waals surface area contributed by atoms with Crippen molar-refractivity contribution in [3.8, 4) is 22.9 Å². The average molecular weight is 499 g/mol. The third-order valence-corrected chi connectivity index (χ3v) is 5.67. The molecule has 0 spiro atoms. The number of rotatable bonds is 10. The minimum absolute atomic E-state index is 0.312. The van der Waals surface area contributed by atoms with E-state index < -0.39 is 18.4 Å². The number of para-hydroxylation sites is 3. The highest BCUT2D eigenvalue weighted by molar-refractivity contribution is 5.81. The molecule has 0 aliphatic rings. The fraction of sp³-hybridized carbons (Fsp3) is 0.259. The first-order valence-corrected chi connectivity index (χ1v) is 11.5. The number of hydrogen-bond donors (Lipinski definition) is 1. The van der Waals surface area contributed by atoms with Crippen molar-refractivity contribution >= 4 is 17.0 Å². The number of unbranched alkanes of at least 4 members (excludes halogenated alkanes) is 1. The molecular weight excluding hydrogens is 473 g/mol. The monoisotopic (exact) mass is 498 g/mol. The summed E-state index contributed by atoms with van der Waals surface area (Å²) in [6.45, 7) is 2.30. The number of hydrogen-bond acceptors (Lipinski definition) is 4. The molecule has 36 heavy (non-hydrogen) atoms. The summed E-state index contributed by atoms with van der Waals surface area (Å²) in [6.07, 6.45) is -3.77. The number of aromatic nitrogens is 2. The number of aliphatic carboxylic acids is 1. The lowest BCUT2D eigenvalue weighted by Crippen LogP contribution is -2.27. The summed E-state index contributed by atoms with van der Waals surface area (Å²) in [5.74, 6) is -0.336. The van der Waals surface area contributed by atoms with Crippen LogP contribution in [-0.2, 0) is 11.3 Å². The normalized spacial score (nSPS) is 12.4. The number of imidazole rings is 1. The highest BCUT2D eigenvalue weighted by Gasteiger charge is 2.31. The summed E-state index contributed by atoms with van der Waals surface area (Å²) in [5.41, 5.74) is 2.89. The van der Waals surface area contributed by atoms with Crippen molar-refractivity contribution in [1.29, 1.82) is 0 Å². The van der Waals surface area contributed by atoms with Gasteiger partial charge >= 0.3 is 12.3 Å². The van der Waals surface area contributed by atoms with Gasteiger partial charge in [-0.2, -0.15) is 0 Å². The molecule has 0 saturated heterocycles. The second-order valence-corrected chi connectivity index (χ2v) is 8.28. The standard InChI is InChI=1S/C27H25F3N2O4/c1-2-3-11-24(26(33)34)35-23-12-7-4-8-19(23)17-32-22-10-6-5-9-21(22)31-25(32)18-13-15-20(16-14-18)36-27(28,29)30/h4-10,12-16,24H,2-3,11,17H2,1H3,(H,33,34). The first kappa shape index (κ1) is 25.1. The van der Waals surface area contributed by atoms with Gasteiger partial charge in [0.2, 0.25) is 0 Å². The van der Waals surface area contributed by atoms with Crippen LogP contribution in [0.15, 0.2) is 72.8 Å². The molecule has 1 unspecified atom stereocenters. The number of halogens is 3. The fourth-order valence-electron chi connectivity index (χ4n) is 3.96. The Hall–Kier alpha value is -4.01. The van der Waals surface area contributed by atoms with E-state index in [2.05, 4.69) is 4.74 Å². The highest BCUT2D eigenvalue weighted by atomic mass is 19.4. The first-order chi connectivity index (χ1) is 17.2. The van der Waals surface area contributed by atoms with E-state index in [1.54, 1.807) is 12.1 Å². The minimum Gasteiger partial charge on any atom is -0.479 e. The van der Waals surface area contributed by atoms with Gasteiger partial charge in [-0.3, -0.25) is 0 Å². The molecule has 0 fully saturated rings. The molecule has 1 aromatic heterocycles. The summed E-state index contributed by atoms with van der Waals surface area (Å²) in [4.78, 5) is 16.5. The number of nitrogens with zero attached hydrogens (tertiary/aromatic N) is 2. The van der Waals surface area contributed by atoms with Crippen LogP contribution in [0.5, 0.6) is 11.5 Å². The number of benzene rings is 3. The zero-order valence-corrected chi connectivity index (χ0v) is 19.5. The smallest absolute Gasteiger partial charge is 0.479 e. The quantitative estimate of drug-likeness (QED) is 0.264. The molecule has 1 heterocycles. The molecule has 0 saturated carbocycles. The zero-order chi connectivity index (χ0) is 25.7. The van der Waals surface area contributed by atoms with Gasteiger partial charge in [0.15, 0.2) is 6.10 Å². The van der Waals surface area contributed by atoms with Gasteiger partial charge in [0.05, 0.1) is 17.6 Å². The van der Waals surface area contributed by atoms with Crippen LogP contribution in [0, 0.1) is 0 Å². The lowest BCUT2D eigenvalue weighted by molar-refractivity contribution is -0.274. The first-order valence-electron chi connectivity index (χ1n) is 11.5. The Labute approximate surface area is 205 Å². The van der Waals surface area contributed by atoms with Gasteiger partial charge in [0.25, 0.3) is 0 Å². The Balaban J connectivity index is 1.70. The van der Waals surface area contributed by atoms with Crippen LogP contribution < -0.4 is 9.47 Å². The average Bonchev–Trinajstić information content (AvgIpc) is 3.20.